The average molecular weight is 295 g/mol. The zero-order valence-electron chi connectivity index (χ0n) is 9.11. The van der Waals surface area contributed by atoms with Gasteiger partial charge >= 0.3 is 0 Å². The Morgan fingerprint density at radius 2 is 2.18 bits per heavy atom. The summed E-state index contributed by atoms with van der Waals surface area (Å²) in [5.41, 5.74) is 7.87. The lowest BCUT2D eigenvalue weighted by Crippen LogP contribution is -2.13. The van der Waals surface area contributed by atoms with Gasteiger partial charge in [0.05, 0.1) is 0 Å². The normalized spacial score (nSPS) is 12.4. The Hall–Kier alpha value is -1.26. The molecule has 2 N–H and O–H groups in total. The summed E-state index contributed by atoms with van der Waals surface area (Å²) in [6.07, 6.45) is 4.01. The molecule has 0 fully saturated rings. The summed E-state index contributed by atoms with van der Waals surface area (Å²) in [6.45, 7) is 0. The van der Waals surface area contributed by atoms with Gasteiger partial charge in [-0.05, 0) is 41.8 Å². The largest absolute Gasteiger partial charge is 0.324 e. The van der Waals surface area contributed by atoms with Gasteiger partial charge in [0.25, 0.3) is 0 Å². The van der Waals surface area contributed by atoms with Gasteiger partial charge in [-0.3, -0.25) is 4.98 Å². The number of benzene rings is 1. The fraction of sp³-hybridized carbons (Fsp3) is 0.154. The highest BCUT2D eigenvalue weighted by atomic mass is 79.9. The lowest BCUT2D eigenvalue weighted by molar-refractivity contribution is 0.621. The van der Waals surface area contributed by atoms with Crippen molar-refractivity contribution in [2.24, 2.45) is 5.73 Å². The molecular weight excluding hydrogens is 283 g/mol. The molecule has 0 amide bonds. The van der Waals surface area contributed by atoms with Gasteiger partial charge in [-0.1, -0.05) is 22.0 Å². The molecule has 2 aromatic rings. The summed E-state index contributed by atoms with van der Waals surface area (Å²) < 4.78 is 14.0. The van der Waals surface area contributed by atoms with E-state index in [4.69, 9.17) is 5.73 Å². The fourth-order valence-corrected chi connectivity index (χ4v) is 2.06. The lowest BCUT2D eigenvalue weighted by atomic mass is 10.0. The van der Waals surface area contributed by atoms with Crippen molar-refractivity contribution in [2.75, 3.05) is 0 Å². The second kappa shape index (κ2) is 5.38. The summed E-state index contributed by atoms with van der Waals surface area (Å²) in [7, 11) is 0. The molecule has 0 bridgehead atoms. The first-order valence-corrected chi connectivity index (χ1v) is 6.05. The first-order chi connectivity index (χ1) is 8.16. The van der Waals surface area contributed by atoms with Gasteiger partial charge < -0.3 is 5.73 Å². The molecule has 17 heavy (non-hydrogen) atoms. The van der Waals surface area contributed by atoms with Crippen LogP contribution >= 0.6 is 15.9 Å². The predicted molar refractivity (Wildman–Crippen MR) is 69.0 cm³/mol. The number of nitrogens with two attached hydrogens (primary N) is 1. The molecule has 1 unspecified atom stereocenters. The van der Waals surface area contributed by atoms with Crippen molar-refractivity contribution in [3.8, 4) is 0 Å². The van der Waals surface area contributed by atoms with Gasteiger partial charge in [0.2, 0.25) is 0 Å². The van der Waals surface area contributed by atoms with Crippen LogP contribution in [0.25, 0.3) is 0 Å². The van der Waals surface area contributed by atoms with E-state index in [9.17, 15) is 4.39 Å². The highest BCUT2D eigenvalue weighted by molar-refractivity contribution is 9.10. The second-order valence-electron chi connectivity index (χ2n) is 3.83. The summed E-state index contributed by atoms with van der Waals surface area (Å²) in [4.78, 5) is 4.02. The number of nitrogens with zero attached hydrogens (tertiary/aromatic N) is 1. The van der Waals surface area contributed by atoms with Crippen LogP contribution in [-0.4, -0.2) is 4.98 Å². The molecular formula is C13H12BrFN2. The maximum Gasteiger partial charge on any atom is 0.123 e. The maximum absolute atomic E-state index is 13.1. The molecule has 1 aromatic heterocycles. The van der Waals surface area contributed by atoms with Gasteiger partial charge in [0.1, 0.15) is 5.82 Å². The van der Waals surface area contributed by atoms with Crippen LogP contribution in [0.4, 0.5) is 4.39 Å². The highest BCUT2D eigenvalue weighted by Gasteiger charge is 2.10. The predicted octanol–water partition coefficient (Wildman–Crippen LogP) is 3.23. The molecule has 2 rings (SSSR count). The van der Waals surface area contributed by atoms with Crippen LogP contribution in [-0.2, 0) is 6.42 Å². The Labute approximate surface area is 108 Å². The van der Waals surface area contributed by atoms with Gasteiger partial charge in [0, 0.05) is 22.9 Å². The minimum absolute atomic E-state index is 0.179. The van der Waals surface area contributed by atoms with E-state index >= 15 is 0 Å². The molecule has 0 aliphatic heterocycles. The van der Waals surface area contributed by atoms with Crippen molar-refractivity contribution in [3.05, 3.63) is 64.1 Å². The van der Waals surface area contributed by atoms with E-state index in [1.807, 2.05) is 12.1 Å². The van der Waals surface area contributed by atoms with Crippen molar-refractivity contribution in [2.45, 2.75) is 12.5 Å². The van der Waals surface area contributed by atoms with Crippen molar-refractivity contribution >= 4 is 15.9 Å². The van der Waals surface area contributed by atoms with Crippen LogP contribution in [0.5, 0.6) is 0 Å². The van der Waals surface area contributed by atoms with Gasteiger partial charge in [-0.25, -0.2) is 4.39 Å². The second-order valence-corrected chi connectivity index (χ2v) is 4.69. The first kappa shape index (κ1) is 12.2. The third-order valence-corrected chi connectivity index (χ3v) is 3.33. The maximum atomic E-state index is 13.1. The van der Waals surface area contributed by atoms with Crippen molar-refractivity contribution in [1.82, 2.24) is 4.98 Å². The van der Waals surface area contributed by atoms with E-state index in [2.05, 4.69) is 20.9 Å². The summed E-state index contributed by atoms with van der Waals surface area (Å²) in [6, 6.07) is 8.20. The molecule has 2 nitrogen and oxygen atoms in total. The van der Waals surface area contributed by atoms with E-state index in [1.165, 1.54) is 12.1 Å². The number of rotatable bonds is 3. The lowest BCUT2D eigenvalue weighted by Gasteiger charge is -2.12. The molecule has 0 aliphatic carbocycles. The van der Waals surface area contributed by atoms with Gasteiger partial charge in [-0.2, -0.15) is 0 Å². The molecule has 0 saturated heterocycles. The molecule has 0 saturated carbocycles. The molecule has 88 valence electrons. The molecule has 1 atom stereocenters. The van der Waals surface area contributed by atoms with Crippen LogP contribution in [0.15, 0.2) is 47.2 Å². The molecule has 4 heteroatoms. The topological polar surface area (TPSA) is 38.9 Å². The minimum atomic E-state index is -0.249. The van der Waals surface area contributed by atoms with Crippen molar-refractivity contribution in [3.63, 3.8) is 0 Å². The Morgan fingerprint density at radius 1 is 1.35 bits per heavy atom. The molecule has 0 radical (unpaired) electrons. The summed E-state index contributed by atoms with van der Waals surface area (Å²) in [5, 5.41) is 0. The smallest absolute Gasteiger partial charge is 0.123 e. The standard InChI is InChI=1S/C13H12BrFN2/c14-12-4-3-11(15)6-10(12)7-13(16)9-2-1-5-17-8-9/h1-6,8,13H,7,16H2. The molecule has 1 aromatic carbocycles. The van der Waals surface area contributed by atoms with E-state index in [0.29, 0.717) is 6.42 Å². The summed E-state index contributed by atoms with van der Waals surface area (Å²) in [5.74, 6) is -0.249. The van der Waals surface area contributed by atoms with Crippen LogP contribution in [0, 0.1) is 5.82 Å². The SMILES string of the molecule is NC(Cc1cc(F)ccc1Br)c1cccnc1. The Morgan fingerprint density at radius 3 is 2.88 bits per heavy atom. The number of halogens is 2. The first-order valence-electron chi connectivity index (χ1n) is 5.26. The Bertz CT molecular complexity index is 502. The zero-order valence-corrected chi connectivity index (χ0v) is 10.7. The third-order valence-electron chi connectivity index (χ3n) is 2.56. The van der Waals surface area contributed by atoms with Crippen LogP contribution < -0.4 is 5.73 Å². The van der Waals surface area contributed by atoms with E-state index in [1.54, 1.807) is 18.5 Å². The number of pyridine rings is 1. The van der Waals surface area contributed by atoms with E-state index < -0.39 is 0 Å². The van der Waals surface area contributed by atoms with Crippen LogP contribution in [0.2, 0.25) is 0 Å². The highest BCUT2D eigenvalue weighted by Crippen LogP contribution is 2.23. The Kier molecular flexibility index (Phi) is 3.86. The molecule has 0 spiro atoms. The van der Waals surface area contributed by atoms with E-state index in [0.717, 1.165) is 15.6 Å². The summed E-state index contributed by atoms with van der Waals surface area (Å²) >= 11 is 3.39. The van der Waals surface area contributed by atoms with Crippen molar-refractivity contribution < 1.29 is 4.39 Å². The number of aromatic nitrogens is 1. The number of hydrogen-bond acceptors (Lipinski definition) is 2. The van der Waals surface area contributed by atoms with E-state index in [-0.39, 0.29) is 11.9 Å². The van der Waals surface area contributed by atoms with Gasteiger partial charge in [-0.15, -0.1) is 0 Å². The third kappa shape index (κ3) is 3.11. The zero-order chi connectivity index (χ0) is 12.3. The van der Waals surface area contributed by atoms with Crippen molar-refractivity contribution in [1.29, 1.82) is 0 Å². The monoisotopic (exact) mass is 294 g/mol. The average Bonchev–Trinajstić information content (AvgIpc) is 2.35. The number of hydrogen-bond donors (Lipinski definition) is 1. The van der Waals surface area contributed by atoms with Crippen LogP contribution in [0.3, 0.4) is 0 Å². The molecule has 1 heterocycles. The van der Waals surface area contributed by atoms with Crippen LogP contribution in [0.1, 0.15) is 17.2 Å². The van der Waals surface area contributed by atoms with Gasteiger partial charge in [0.15, 0.2) is 0 Å². The fourth-order valence-electron chi connectivity index (χ4n) is 1.65. The Balaban J connectivity index is 2.18. The quantitative estimate of drug-likeness (QED) is 0.944. The molecule has 0 aliphatic rings. The minimum Gasteiger partial charge on any atom is -0.324 e.